The highest BCUT2D eigenvalue weighted by atomic mass is 16.3. The predicted octanol–water partition coefficient (Wildman–Crippen LogP) is 1.69. The summed E-state index contributed by atoms with van der Waals surface area (Å²) in [5.74, 6) is 0.595. The SMILES string of the molecule is Cn1ccnc1C(O)c1ccnn1-c1ccccc1. The predicted molar refractivity (Wildman–Crippen MR) is 70.8 cm³/mol. The summed E-state index contributed by atoms with van der Waals surface area (Å²) in [6.45, 7) is 0. The summed E-state index contributed by atoms with van der Waals surface area (Å²) in [6.07, 6.45) is 4.35. The maximum absolute atomic E-state index is 10.4. The van der Waals surface area contributed by atoms with Crippen LogP contribution < -0.4 is 0 Å². The number of rotatable bonds is 3. The van der Waals surface area contributed by atoms with Crippen LogP contribution in [0.15, 0.2) is 55.0 Å². The molecule has 5 nitrogen and oxygen atoms in total. The summed E-state index contributed by atoms with van der Waals surface area (Å²) in [5, 5.41) is 14.7. The minimum absolute atomic E-state index is 0.595. The Kier molecular flexibility index (Phi) is 2.89. The fourth-order valence-electron chi connectivity index (χ4n) is 2.08. The van der Waals surface area contributed by atoms with E-state index in [1.54, 1.807) is 27.7 Å². The molecule has 0 spiro atoms. The van der Waals surface area contributed by atoms with E-state index in [0.29, 0.717) is 11.5 Å². The van der Waals surface area contributed by atoms with Crippen molar-refractivity contribution < 1.29 is 5.11 Å². The second kappa shape index (κ2) is 4.70. The zero-order chi connectivity index (χ0) is 13.2. The molecule has 96 valence electrons. The van der Waals surface area contributed by atoms with E-state index in [-0.39, 0.29) is 0 Å². The third-order valence-corrected chi connectivity index (χ3v) is 3.06. The molecule has 3 aromatic rings. The van der Waals surface area contributed by atoms with Crippen molar-refractivity contribution >= 4 is 0 Å². The lowest BCUT2D eigenvalue weighted by atomic mass is 10.2. The molecule has 0 amide bonds. The molecule has 0 saturated heterocycles. The molecule has 1 atom stereocenters. The van der Waals surface area contributed by atoms with Gasteiger partial charge in [0.1, 0.15) is 5.82 Å². The Bertz CT molecular complexity index is 672. The first kappa shape index (κ1) is 11.7. The molecule has 2 aromatic heterocycles. The van der Waals surface area contributed by atoms with Crippen LogP contribution >= 0.6 is 0 Å². The third kappa shape index (κ3) is 2.04. The number of aliphatic hydroxyl groups excluding tert-OH is 1. The van der Waals surface area contributed by atoms with E-state index < -0.39 is 6.10 Å². The normalized spacial score (nSPS) is 12.5. The summed E-state index contributed by atoms with van der Waals surface area (Å²) in [4.78, 5) is 4.18. The fourth-order valence-corrected chi connectivity index (χ4v) is 2.08. The van der Waals surface area contributed by atoms with Crippen LogP contribution in [0.25, 0.3) is 5.69 Å². The Balaban J connectivity index is 2.04. The summed E-state index contributed by atoms with van der Waals surface area (Å²) in [6, 6.07) is 11.5. The van der Waals surface area contributed by atoms with Gasteiger partial charge in [0.05, 0.1) is 11.4 Å². The van der Waals surface area contributed by atoms with E-state index in [9.17, 15) is 5.11 Å². The maximum atomic E-state index is 10.4. The lowest BCUT2D eigenvalue weighted by Crippen LogP contribution is -2.12. The van der Waals surface area contributed by atoms with E-state index in [2.05, 4.69) is 10.1 Å². The third-order valence-electron chi connectivity index (χ3n) is 3.06. The topological polar surface area (TPSA) is 55.9 Å². The highest BCUT2D eigenvalue weighted by Crippen LogP contribution is 2.22. The van der Waals surface area contributed by atoms with Crippen molar-refractivity contribution in [3.05, 3.63) is 66.5 Å². The fraction of sp³-hybridized carbons (Fsp3) is 0.143. The van der Waals surface area contributed by atoms with Gasteiger partial charge in [-0.05, 0) is 18.2 Å². The van der Waals surface area contributed by atoms with Crippen LogP contribution in [0.2, 0.25) is 0 Å². The largest absolute Gasteiger partial charge is 0.379 e. The maximum Gasteiger partial charge on any atom is 0.154 e. The Morgan fingerprint density at radius 3 is 2.58 bits per heavy atom. The number of hydrogen-bond acceptors (Lipinski definition) is 3. The van der Waals surface area contributed by atoms with Gasteiger partial charge >= 0.3 is 0 Å². The molecule has 2 heterocycles. The smallest absolute Gasteiger partial charge is 0.154 e. The van der Waals surface area contributed by atoms with Gasteiger partial charge in [0.25, 0.3) is 0 Å². The molecule has 1 aromatic carbocycles. The Hall–Kier alpha value is -2.40. The molecule has 0 bridgehead atoms. The number of hydrogen-bond donors (Lipinski definition) is 1. The lowest BCUT2D eigenvalue weighted by molar-refractivity contribution is 0.198. The van der Waals surface area contributed by atoms with Crippen LogP contribution in [0.1, 0.15) is 17.6 Å². The number of benzene rings is 1. The number of para-hydroxylation sites is 1. The van der Waals surface area contributed by atoms with Crippen molar-refractivity contribution in [2.45, 2.75) is 6.10 Å². The minimum atomic E-state index is -0.803. The van der Waals surface area contributed by atoms with Crippen LogP contribution in [0.4, 0.5) is 0 Å². The number of aromatic nitrogens is 4. The zero-order valence-corrected chi connectivity index (χ0v) is 10.5. The monoisotopic (exact) mass is 254 g/mol. The summed E-state index contributed by atoms with van der Waals surface area (Å²) in [7, 11) is 1.86. The van der Waals surface area contributed by atoms with Crippen LogP contribution in [-0.2, 0) is 7.05 Å². The van der Waals surface area contributed by atoms with Crippen LogP contribution in [0.3, 0.4) is 0 Å². The van der Waals surface area contributed by atoms with Gasteiger partial charge in [-0.3, -0.25) is 0 Å². The van der Waals surface area contributed by atoms with Gasteiger partial charge in [0.2, 0.25) is 0 Å². The van der Waals surface area contributed by atoms with Crippen molar-refractivity contribution in [3.8, 4) is 5.69 Å². The molecule has 0 aliphatic rings. The van der Waals surface area contributed by atoms with E-state index in [4.69, 9.17) is 0 Å². The first-order valence-corrected chi connectivity index (χ1v) is 6.02. The van der Waals surface area contributed by atoms with E-state index in [1.165, 1.54) is 0 Å². The van der Waals surface area contributed by atoms with E-state index >= 15 is 0 Å². The number of imidazole rings is 1. The molecule has 1 unspecified atom stereocenters. The van der Waals surface area contributed by atoms with Gasteiger partial charge in [-0.15, -0.1) is 0 Å². The van der Waals surface area contributed by atoms with Crippen LogP contribution in [-0.4, -0.2) is 24.4 Å². The van der Waals surface area contributed by atoms with Crippen LogP contribution in [0.5, 0.6) is 0 Å². The molecule has 0 fully saturated rings. The van der Waals surface area contributed by atoms with E-state index in [1.807, 2.05) is 43.6 Å². The standard InChI is InChI=1S/C14H14N4O/c1-17-10-9-15-14(17)13(19)12-7-8-16-18(12)11-5-3-2-4-6-11/h2-10,13,19H,1H3. The van der Waals surface area contributed by atoms with Gasteiger partial charge in [-0.2, -0.15) is 5.10 Å². The Morgan fingerprint density at radius 2 is 1.89 bits per heavy atom. The molecular weight excluding hydrogens is 240 g/mol. The molecule has 1 N–H and O–H groups in total. The highest BCUT2D eigenvalue weighted by Gasteiger charge is 2.19. The average Bonchev–Trinajstić information content (AvgIpc) is 3.07. The first-order chi connectivity index (χ1) is 9.27. The lowest BCUT2D eigenvalue weighted by Gasteiger charge is -2.13. The van der Waals surface area contributed by atoms with Gasteiger partial charge in [0.15, 0.2) is 6.10 Å². The summed E-state index contributed by atoms with van der Waals surface area (Å²) >= 11 is 0. The van der Waals surface area contributed by atoms with Crippen LogP contribution in [0, 0.1) is 0 Å². The second-order valence-corrected chi connectivity index (χ2v) is 4.30. The van der Waals surface area contributed by atoms with Crippen molar-refractivity contribution in [1.82, 2.24) is 19.3 Å². The number of aryl methyl sites for hydroxylation is 1. The van der Waals surface area contributed by atoms with Crippen molar-refractivity contribution in [3.63, 3.8) is 0 Å². The molecular formula is C14H14N4O. The zero-order valence-electron chi connectivity index (χ0n) is 10.5. The van der Waals surface area contributed by atoms with Crippen molar-refractivity contribution in [2.75, 3.05) is 0 Å². The van der Waals surface area contributed by atoms with E-state index in [0.717, 1.165) is 5.69 Å². The van der Waals surface area contributed by atoms with Gasteiger partial charge in [-0.1, -0.05) is 18.2 Å². The minimum Gasteiger partial charge on any atom is -0.379 e. The number of nitrogens with zero attached hydrogens (tertiary/aromatic N) is 4. The first-order valence-electron chi connectivity index (χ1n) is 6.02. The summed E-state index contributed by atoms with van der Waals surface area (Å²) < 4.78 is 3.52. The molecule has 0 aliphatic carbocycles. The molecule has 0 radical (unpaired) electrons. The Morgan fingerprint density at radius 1 is 1.11 bits per heavy atom. The quantitative estimate of drug-likeness (QED) is 0.773. The molecule has 3 rings (SSSR count). The number of aliphatic hydroxyl groups is 1. The van der Waals surface area contributed by atoms with Gasteiger partial charge < -0.3 is 9.67 Å². The van der Waals surface area contributed by atoms with Crippen molar-refractivity contribution in [2.24, 2.45) is 7.05 Å². The Labute approximate surface area is 110 Å². The molecule has 0 saturated carbocycles. The molecule has 0 aliphatic heterocycles. The highest BCUT2D eigenvalue weighted by molar-refractivity contribution is 5.33. The average molecular weight is 254 g/mol. The van der Waals surface area contributed by atoms with Gasteiger partial charge in [-0.25, -0.2) is 9.67 Å². The van der Waals surface area contributed by atoms with Gasteiger partial charge in [0, 0.05) is 25.6 Å². The summed E-state index contributed by atoms with van der Waals surface area (Å²) in [5.41, 5.74) is 1.61. The van der Waals surface area contributed by atoms with Crippen molar-refractivity contribution in [1.29, 1.82) is 0 Å². The molecule has 19 heavy (non-hydrogen) atoms. The second-order valence-electron chi connectivity index (χ2n) is 4.30. The molecule has 5 heteroatoms.